The van der Waals surface area contributed by atoms with Gasteiger partial charge in [0.1, 0.15) is 29.7 Å². The Bertz CT molecular complexity index is 1070. The summed E-state index contributed by atoms with van der Waals surface area (Å²) in [5.41, 5.74) is 4.93. The molecule has 0 bridgehead atoms. The van der Waals surface area contributed by atoms with Gasteiger partial charge in [0, 0.05) is 0 Å². The summed E-state index contributed by atoms with van der Waals surface area (Å²) in [6.07, 6.45) is 0. The molecule has 0 aliphatic heterocycles. The van der Waals surface area contributed by atoms with Crippen LogP contribution in [-0.2, 0) is 0 Å². The van der Waals surface area contributed by atoms with Crippen LogP contribution in [0.5, 0.6) is 23.0 Å². The number of phenolic OH excluding ortho intramolecular Hbond substituents is 2. The Morgan fingerprint density at radius 3 is 0.812 bits per heavy atom. The highest BCUT2D eigenvalue weighted by Gasteiger charge is 2.01. The highest BCUT2D eigenvalue weighted by Crippen LogP contribution is 2.13. The lowest BCUT2D eigenvalue weighted by Crippen LogP contribution is -2.21. The summed E-state index contributed by atoms with van der Waals surface area (Å²) in [4.78, 5) is 0. The maximum atomic E-state index is 8.76. The van der Waals surface area contributed by atoms with Crippen LogP contribution in [0.2, 0.25) is 34.1 Å². The molecule has 2 unspecified atom stereocenters. The molecule has 4 aromatic rings. The quantitative estimate of drug-likeness (QED) is 0.165. The second kappa shape index (κ2) is 40.2. The summed E-state index contributed by atoms with van der Waals surface area (Å²) < 4.78 is 9.85. The molecule has 0 aliphatic carbocycles. The molecule has 0 heterocycles. The van der Waals surface area contributed by atoms with Crippen molar-refractivity contribution in [2.45, 2.75) is 110 Å². The number of hydrogen-bond acceptors (Lipinski definition) is 4. The van der Waals surface area contributed by atoms with Crippen molar-refractivity contribution < 1.29 is 19.3 Å². The van der Waals surface area contributed by atoms with E-state index < -0.39 is 0 Å². The van der Waals surface area contributed by atoms with Crippen molar-refractivity contribution in [1.29, 1.82) is 0 Å². The van der Waals surface area contributed by atoms with Crippen LogP contribution < -0.4 is 14.5 Å². The fraction of sp³-hybridized carbons (Fsp3) is 0.400. The van der Waals surface area contributed by atoms with Gasteiger partial charge < -0.3 is 19.3 Å². The van der Waals surface area contributed by atoms with E-state index in [4.69, 9.17) is 19.3 Å². The Hall–Kier alpha value is -2.93. The molecule has 4 rings (SSSR count). The second-order valence-corrected chi connectivity index (χ2v) is 10.6. The minimum absolute atomic E-state index is 0.329. The van der Waals surface area contributed by atoms with Crippen LogP contribution in [-0.4, -0.2) is 23.6 Å². The van der Waals surface area contributed by atoms with Gasteiger partial charge >= 0.3 is 0 Å². The molecule has 48 heavy (non-hydrogen) atoms. The van der Waals surface area contributed by atoms with Crippen molar-refractivity contribution in [3.05, 3.63) is 114 Å². The molecule has 0 spiro atoms. The van der Waals surface area contributed by atoms with E-state index in [0.717, 1.165) is 18.2 Å². The average Bonchev–Trinajstić information content (AvgIpc) is 3.12. The molecule has 2 atom stereocenters. The number of aryl methyl sites for hydroxylation is 3. The van der Waals surface area contributed by atoms with Gasteiger partial charge in [0.05, 0.1) is 18.9 Å². The van der Waals surface area contributed by atoms with Crippen LogP contribution in [0.3, 0.4) is 0 Å². The predicted octanol–water partition coefficient (Wildman–Crippen LogP) is 12.9. The van der Waals surface area contributed by atoms with Gasteiger partial charge in [-0.15, -0.1) is 0 Å². The maximum absolute atomic E-state index is 8.76. The van der Waals surface area contributed by atoms with E-state index in [-0.39, 0.29) is 0 Å². The van der Waals surface area contributed by atoms with Gasteiger partial charge in [0.25, 0.3) is 0 Å². The van der Waals surface area contributed by atoms with Gasteiger partial charge in [0.15, 0.2) is 6.71 Å². The first-order valence-corrected chi connectivity index (χ1v) is 18.2. The summed E-state index contributed by atoms with van der Waals surface area (Å²) in [5.74, 6) is 2.43. The number of hydrogen-bond donors (Lipinski definition) is 2. The highest BCUT2D eigenvalue weighted by atomic mass is 31.0. The number of rotatable bonds is 3. The number of aromatic hydroxyl groups is 2. The number of phenols is 2. The lowest BCUT2D eigenvalue weighted by atomic mass is 9.49. The third-order valence-electron chi connectivity index (χ3n) is 4.91. The molecule has 0 amide bonds. The van der Waals surface area contributed by atoms with E-state index >= 15 is 0 Å². The van der Waals surface area contributed by atoms with Gasteiger partial charge in [-0.25, -0.2) is 0 Å². The van der Waals surface area contributed by atoms with Gasteiger partial charge in [-0.3, -0.25) is 0 Å². The Balaban J connectivity index is -0.000000155. The molecule has 0 saturated heterocycles. The van der Waals surface area contributed by atoms with Crippen molar-refractivity contribution in [1.82, 2.24) is 0 Å². The molecule has 4 nitrogen and oxygen atoms in total. The molecule has 0 saturated carbocycles. The van der Waals surface area contributed by atoms with Crippen LogP contribution in [0.1, 0.15) is 72.1 Å². The summed E-state index contributed by atoms with van der Waals surface area (Å²) in [6.45, 7) is 34.3. The average molecular weight is 699 g/mol. The SMILES string of the molecule is CB(C)C.CB(C)c1ccc(OP)cc1.CC.CC.CC.CC.Cc1ccc(O)cc1.Cc1ccc(O)cc1.Cc1ccc(OP)cc1. The van der Waals surface area contributed by atoms with E-state index in [1.54, 1.807) is 24.3 Å². The molecular weight excluding hydrogens is 628 g/mol. The third kappa shape index (κ3) is 37.5. The Morgan fingerprint density at radius 2 is 0.625 bits per heavy atom. The Labute approximate surface area is 303 Å². The van der Waals surface area contributed by atoms with Crippen molar-refractivity contribution in [3.8, 4) is 23.0 Å². The van der Waals surface area contributed by atoms with E-state index in [2.05, 4.69) is 65.2 Å². The summed E-state index contributed by atoms with van der Waals surface area (Å²) >= 11 is 0. The normalized spacial score (nSPS) is 7.96. The van der Waals surface area contributed by atoms with Crippen molar-refractivity contribution in [3.63, 3.8) is 0 Å². The standard InChI is InChI=1S/C8H12BOP.C7H9OP.2C7H8O.C3H9B.4C2H6/c1-9(2)7-3-5-8(10-11)6-4-7;1-6-2-4-7(8-9)5-3-6;2*1-6-2-4-7(8)5-3-6;1-4(2)3;4*1-2/h3-6H,11H2,1-2H3;2-5H,9H2,1H3;2*2-5,8H,1H3;1-3H3;4*1-2H3. The van der Waals surface area contributed by atoms with Crippen molar-refractivity contribution in [2.24, 2.45) is 0 Å². The maximum Gasteiger partial charge on any atom is 0.169 e. The van der Waals surface area contributed by atoms with Crippen molar-refractivity contribution >= 4 is 37.8 Å². The van der Waals surface area contributed by atoms with Crippen LogP contribution in [0.15, 0.2) is 97.1 Å². The van der Waals surface area contributed by atoms with Crippen molar-refractivity contribution in [2.75, 3.05) is 0 Å². The molecule has 0 fully saturated rings. The Morgan fingerprint density at radius 1 is 0.417 bits per heavy atom. The zero-order valence-corrected chi connectivity index (χ0v) is 35.6. The van der Waals surface area contributed by atoms with E-state index in [1.807, 2.05) is 137 Å². The zero-order chi connectivity index (χ0) is 38.5. The lowest BCUT2D eigenvalue weighted by Gasteiger charge is -2.02. The summed E-state index contributed by atoms with van der Waals surface area (Å²) in [7, 11) is 4.44. The molecule has 0 radical (unpaired) electrons. The minimum atomic E-state index is 0.329. The lowest BCUT2D eigenvalue weighted by molar-refractivity contribution is 0.474. The van der Waals surface area contributed by atoms with Gasteiger partial charge in [-0.1, -0.05) is 160 Å². The molecule has 8 heteroatoms. The minimum Gasteiger partial charge on any atom is -0.508 e. The van der Waals surface area contributed by atoms with Gasteiger partial charge in [-0.05, 0) is 69.3 Å². The number of benzene rings is 4. The molecule has 2 N–H and O–H groups in total. The van der Waals surface area contributed by atoms with Crippen LogP contribution in [0.4, 0.5) is 0 Å². The molecule has 0 aliphatic rings. The first kappa shape index (κ1) is 54.5. The molecular formula is C40H70B2O4P2. The monoisotopic (exact) mass is 698 g/mol. The zero-order valence-electron chi connectivity index (χ0n) is 33.3. The van der Waals surface area contributed by atoms with Gasteiger partial charge in [-0.2, -0.15) is 0 Å². The smallest absolute Gasteiger partial charge is 0.169 e. The largest absolute Gasteiger partial charge is 0.508 e. The van der Waals surface area contributed by atoms with Crippen LogP contribution in [0, 0.1) is 20.8 Å². The Kier molecular flexibility index (Phi) is 45.7. The summed E-state index contributed by atoms with van der Waals surface area (Å²) in [5, 5.41) is 17.5. The predicted molar refractivity (Wildman–Crippen MR) is 230 cm³/mol. The van der Waals surface area contributed by atoms with Gasteiger partial charge in [0.2, 0.25) is 0 Å². The second-order valence-electron chi connectivity index (χ2n) is 10.2. The molecule has 4 aromatic carbocycles. The fourth-order valence-corrected chi connectivity index (χ4v) is 2.95. The topological polar surface area (TPSA) is 58.9 Å². The van der Waals surface area contributed by atoms with Crippen LogP contribution in [0.25, 0.3) is 0 Å². The van der Waals surface area contributed by atoms with E-state index in [1.165, 1.54) is 22.2 Å². The van der Waals surface area contributed by atoms with Crippen LogP contribution >= 0.6 is 18.9 Å². The summed E-state index contributed by atoms with van der Waals surface area (Å²) in [6, 6.07) is 30.2. The molecule has 270 valence electrons. The highest BCUT2D eigenvalue weighted by molar-refractivity contribution is 7.10. The first-order valence-electron chi connectivity index (χ1n) is 17.3. The van der Waals surface area contributed by atoms with E-state index in [9.17, 15) is 0 Å². The third-order valence-corrected chi connectivity index (χ3v) is 5.45. The van der Waals surface area contributed by atoms with E-state index in [0.29, 0.717) is 18.2 Å². The fourth-order valence-electron chi connectivity index (χ4n) is 2.64. The first-order chi connectivity index (χ1) is 22.9. The molecule has 0 aromatic heterocycles.